The molecule has 0 spiro atoms. The topological polar surface area (TPSA) is 35.5 Å². The number of hydrogen-bond acceptors (Lipinski definition) is 3. The summed E-state index contributed by atoms with van der Waals surface area (Å²) in [5.74, 6) is -1.85. The molecule has 1 aromatic rings. The van der Waals surface area contributed by atoms with Gasteiger partial charge >= 0.3 is 5.97 Å². The monoisotopic (exact) mass is 286 g/mol. The van der Waals surface area contributed by atoms with Gasteiger partial charge in [0.1, 0.15) is 5.82 Å². The molecule has 0 fully saturated rings. The fraction of sp³-hybridized carbons (Fsp3) is 0.533. The van der Waals surface area contributed by atoms with Crippen molar-refractivity contribution in [1.29, 1.82) is 0 Å². The number of esters is 1. The molecular formula is C15H20F2O3. The fourth-order valence-corrected chi connectivity index (χ4v) is 1.45. The van der Waals surface area contributed by atoms with Gasteiger partial charge in [0.25, 0.3) is 0 Å². The first-order valence-corrected chi connectivity index (χ1v) is 6.68. The van der Waals surface area contributed by atoms with Crippen molar-refractivity contribution in [2.24, 2.45) is 11.8 Å². The molecule has 0 amide bonds. The van der Waals surface area contributed by atoms with Gasteiger partial charge in [-0.1, -0.05) is 20.8 Å². The fourth-order valence-electron chi connectivity index (χ4n) is 1.45. The van der Waals surface area contributed by atoms with Gasteiger partial charge < -0.3 is 9.47 Å². The SMILES string of the molecule is CC[C@H](COC(=O)C(C)C)COc1ccc(F)cc1F. The first-order valence-electron chi connectivity index (χ1n) is 6.68. The predicted molar refractivity (Wildman–Crippen MR) is 71.4 cm³/mol. The molecule has 1 aromatic carbocycles. The Hall–Kier alpha value is -1.65. The molecule has 5 heteroatoms. The summed E-state index contributed by atoms with van der Waals surface area (Å²) in [6, 6.07) is 3.16. The van der Waals surface area contributed by atoms with E-state index in [-0.39, 0.29) is 36.8 Å². The molecule has 3 nitrogen and oxygen atoms in total. The molecule has 0 aliphatic heterocycles. The zero-order valence-corrected chi connectivity index (χ0v) is 12.0. The van der Waals surface area contributed by atoms with E-state index in [4.69, 9.17) is 9.47 Å². The summed E-state index contributed by atoms with van der Waals surface area (Å²) < 4.78 is 36.5. The molecule has 20 heavy (non-hydrogen) atoms. The number of carbonyl (C=O) groups is 1. The molecule has 0 unspecified atom stereocenters. The van der Waals surface area contributed by atoms with Crippen molar-refractivity contribution >= 4 is 5.97 Å². The number of hydrogen-bond donors (Lipinski definition) is 0. The van der Waals surface area contributed by atoms with Crippen molar-refractivity contribution in [2.45, 2.75) is 27.2 Å². The number of halogens is 2. The molecule has 0 radical (unpaired) electrons. The largest absolute Gasteiger partial charge is 0.490 e. The summed E-state index contributed by atoms with van der Waals surface area (Å²) in [5.41, 5.74) is 0. The van der Waals surface area contributed by atoms with Crippen LogP contribution in [0.1, 0.15) is 27.2 Å². The molecular weight excluding hydrogens is 266 g/mol. The van der Waals surface area contributed by atoms with Crippen molar-refractivity contribution < 1.29 is 23.0 Å². The maximum atomic E-state index is 13.4. The highest BCUT2D eigenvalue weighted by Gasteiger charge is 2.14. The van der Waals surface area contributed by atoms with Crippen molar-refractivity contribution in [3.05, 3.63) is 29.8 Å². The van der Waals surface area contributed by atoms with Gasteiger partial charge in [-0.25, -0.2) is 8.78 Å². The zero-order valence-electron chi connectivity index (χ0n) is 12.0. The van der Waals surface area contributed by atoms with Gasteiger partial charge in [-0.2, -0.15) is 0 Å². The van der Waals surface area contributed by atoms with Crippen molar-refractivity contribution in [3.8, 4) is 5.75 Å². The molecule has 0 aliphatic rings. The van der Waals surface area contributed by atoms with E-state index in [1.54, 1.807) is 13.8 Å². The first kappa shape index (κ1) is 16.4. The van der Waals surface area contributed by atoms with Crippen molar-refractivity contribution in [1.82, 2.24) is 0 Å². The Morgan fingerprint density at radius 2 is 1.95 bits per heavy atom. The number of benzene rings is 1. The third kappa shape index (κ3) is 5.15. The molecule has 0 heterocycles. The van der Waals surface area contributed by atoms with E-state index >= 15 is 0 Å². The van der Waals surface area contributed by atoms with Crippen LogP contribution < -0.4 is 4.74 Å². The number of ether oxygens (including phenoxy) is 2. The second-order valence-electron chi connectivity index (χ2n) is 4.94. The van der Waals surface area contributed by atoms with Crippen LogP contribution in [0.3, 0.4) is 0 Å². The minimum absolute atomic E-state index is 0.0000334. The second-order valence-corrected chi connectivity index (χ2v) is 4.94. The van der Waals surface area contributed by atoms with Gasteiger partial charge in [-0.15, -0.1) is 0 Å². The minimum Gasteiger partial charge on any atom is -0.490 e. The lowest BCUT2D eigenvalue weighted by atomic mass is 10.1. The highest BCUT2D eigenvalue weighted by molar-refractivity contribution is 5.71. The Morgan fingerprint density at radius 1 is 1.25 bits per heavy atom. The predicted octanol–water partition coefficient (Wildman–Crippen LogP) is 3.57. The van der Waals surface area contributed by atoms with E-state index in [1.165, 1.54) is 6.07 Å². The van der Waals surface area contributed by atoms with Gasteiger partial charge in [0.2, 0.25) is 0 Å². The van der Waals surface area contributed by atoms with E-state index in [0.29, 0.717) is 0 Å². The van der Waals surface area contributed by atoms with Crippen LogP contribution in [-0.4, -0.2) is 19.2 Å². The van der Waals surface area contributed by atoms with Crippen LogP contribution in [0.15, 0.2) is 18.2 Å². The van der Waals surface area contributed by atoms with Crippen LogP contribution in [0.2, 0.25) is 0 Å². The average Bonchev–Trinajstić information content (AvgIpc) is 2.40. The summed E-state index contributed by atoms with van der Waals surface area (Å²) >= 11 is 0. The third-order valence-corrected chi connectivity index (χ3v) is 2.88. The van der Waals surface area contributed by atoms with Crippen molar-refractivity contribution in [2.75, 3.05) is 13.2 Å². The van der Waals surface area contributed by atoms with E-state index in [9.17, 15) is 13.6 Å². The molecule has 1 atom stereocenters. The minimum atomic E-state index is -0.737. The standard InChI is InChI=1S/C15H20F2O3/c1-4-11(9-20-15(18)10(2)3)8-19-14-6-5-12(16)7-13(14)17/h5-7,10-11H,4,8-9H2,1-3H3/t11-/m0/s1. The molecule has 0 aliphatic carbocycles. The quantitative estimate of drug-likeness (QED) is 0.719. The Kier molecular flexibility index (Phi) is 6.42. The lowest BCUT2D eigenvalue weighted by Crippen LogP contribution is -2.22. The number of rotatable bonds is 7. The van der Waals surface area contributed by atoms with Crippen LogP contribution in [0, 0.1) is 23.5 Å². The smallest absolute Gasteiger partial charge is 0.308 e. The van der Waals surface area contributed by atoms with E-state index in [2.05, 4.69) is 0 Å². The van der Waals surface area contributed by atoms with Gasteiger partial charge in [0.15, 0.2) is 11.6 Å². The summed E-state index contributed by atoms with van der Waals surface area (Å²) in [4.78, 5) is 11.4. The van der Waals surface area contributed by atoms with Gasteiger partial charge in [0.05, 0.1) is 19.1 Å². The Labute approximate surface area is 117 Å². The molecule has 1 rings (SSSR count). The highest BCUT2D eigenvalue weighted by Crippen LogP contribution is 2.19. The van der Waals surface area contributed by atoms with Crippen LogP contribution in [0.5, 0.6) is 5.75 Å². The Balaban J connectivity index is 2.46. The lowest BCUT2D eigenvalue weighted by Gasteiger charge is -2.17. The van der Waals surface area contributed by atoms with Crippen LogP contribution in [0.25, 0.3) is 0 Å². The van der Waals surface area contributed by atoms with Crippen LogP contribution in [-0.2, 0) is 9.53 Å². The Morgan fingerprint density at radius 3 is 2.50 bits per heavy atom. The normalized spacial score (nSPS) is 12.3. The lowest BCUT2D eigenvalue weighted by molar-refractivity contribution is -0.149. The van der Waals surface area contributed by atoms with E-state index in [0.717, 1.165) is 18.6 Å². The second kappa shape index (κ2) is 7.82. The maximum absolute atomic E-state index is 13.4. The highest BCUT2D eigenvalue weighted by atomic mass is 19.1. The third-order valence-electron chi connectivity index (χ3n) is 2.88. The summed E-state index contributed by atoms with van der Waals surface area (Å²) in [6.45, 7) is 5.89. The van der Waals surface area contributed by atoms with E-state index < -0.39 is 11.6 Å². The van der Waals surface area contributed by atoms with E-state index in [1.807, 2.05) is 6.92 Å². The molecule has 0 N–H and O–H groups in total. The van der Waals surface area contributed by atoms with Crippen LogP contribution >= 0.6 is 0 Å². The van der Waals surface area contributed by atoms with Gasteiger partial charge in [-0.05, 0) is 18.6 Å². The van der Waals surface area contributed by atoms with Crippen molar-refractivity contribution in [3.63, 3.8) is 0 Å². The molecule has 0 aromatic heterocycles. The Bertz CT molecular complexity index is 447. The number of carbonyl (C=O) groups excluding carboxylic acids is 1. The summed E-state index contributed by atoms with van der Waals surface area (Å²) in [6.07, 6.45) is 0.730. The summed E-state index contributed by atoms with van der Waals surface area (Å²) in [7, 11) is 0. The zero-order chi connectivity index (χ0) is 15.1. The summed E-state index contributed by atoms with van der Waals surface area (Å²) in [5, 5.41) is 0. The van der Waals surface area contributed by atoms with Gasteiger partial charge in [-0.3, -0.25) is 4.79 Å². The van der Waals surface area contributed by atoms with Crippen LogP contribution in [0.4, 0.5) is 8.78 Å². The maximum Gasteiger partial charge on any atom is 0.308 e. The first-order chi connectivity index (χ1) is 9.43. The average molecular weight is 286 g/mol. The molecule has 0 saturated heterocycles. The van der Waals surface area contributed by atoms with Gasteiger partial charge in [0, 0.05) is 12.0 Å². The molecule has 0 saturated carbocycles. The molecule has 112 valence electrons. The molecule has 0 bridgehead atoms.